The van der Waals surface area contributed by atoms with Gasteiger partial charge in [0, 0.05) is 30.8 Å². The number of benzene rings is 3. The summed E-state index contributed by atoms with van der Waals surface area (Å²) in [7, 11) is -3.73. The van der Waals surface area contributed by atoms with Crippen LogP contribution in [-0.4, -0.2) is 77.0 Å². The van der Waals surface area contributed by atoms with Crippen molar-refractivity contribution >= 4 is 39.2 Å². The molecule has 3 aromatic carbocycles. The fraction of sp³-hybridized carbons (Fsp3) is 0.303. The van der Waals surface area contributed by atoms with Crippen LogP contribution in [0.3, 0.4) is 0 Å². The number of hydrogen-bond acceptors (Lipinski definition) is 9. The van der Waals surface area contributed by atoms with Crippen molar-refractivity contribution < 1.29 is 27.4 Å². The maximum absolute atomic E-state index is 12.7. The molecule has 0 aliphatic rings. The average Bonchev–Trinajstić information content (AvgIpc) is 3.08. The molecule has 0 saturated carbocycles. The fourth-order valence-corrected chi connectivity index (χ4v) is 5.43. The molecule has 1 aromatic heterocycles. The first-order valence-corrected chi connectivity index (χ1v) is 16.8. The summed E-state index contributed by atoms with van der Waals surface area (Å²) in [5, 5.41) is 6.25. The van der Waals surface area contributed by atoms with Crippen molar-refractivity contribution in [1.82, 2.24) is 20.0 Å². The molecule has 0 radical (unpaired) electrons. The van der Waals surface area contributed by atoms with Crippen molar-refractivity contribution in [2.75, 3.05) is 58.0 Å². The van der Waals surface area contributed by atoms with E-state index in [1.54, 1.807) is 19.1 Å². The van der Waals surface area contributed by atoms with Crippen LogP contribution in [0.25, 0.3) is 22.4 Å². The minimum absolute atomic E-state index is 0.00778. The van der Waals surface area contributed by atoms with Crippen LogP contribution >= 0.6 is 11.6 Å². The van der Waals surface area contributed by atoms with Gasteiger partial charge < -0.3 is 24.8 Å². The van der Waals surface area contributed by atoms with Gasteiger partial charge in [0.25, 0.3) is 0 Å². The van der Waals surface area contributed by atoms with E-state index in [2.05, 4.69) is 25.3 Å². The Bertz CT molecular complexity index is 1640. The van der Waals surface area contributed by atoms with Gasteiger partial charge in [0.05, 0.1) is 61.5 Å². The predicted molar refractivity (Wildman–Crippen MR) is 179 cm³/mol. The van der Waals surface area contributed by atoms with Crippen LogP contribution < -0.4 is 15.4 Å². The highest BCUT2D eigenvalue weighted by atomic mass is 35.5. The molecule has 1 amide bonds. The van der Waals surface area contributed by atoms with Crippen molar-refractivity contribution in [1.29, 1.82) is 0 Å². The van der Waals surface area contributed by atoms with Crippen LogP contribution in [0.4, 0.5) is 11.6 Å². The van der Waals surface area contributed by atoms with E-state index in [4.69, 9.17) is 25.8 Å². The lowest BCUT2D eigenvalue weighted by Gasteiger charge is -2.11. The third-order valence-electron chi connectivity index (χ3n) is 6.58. The lowest BCUT2D eigenvalue weighted by atomic mass is 10.0. The first-order valence-electron chi connectivity index (χ1n) is 14.9. The minimum Gasteiger partial charge on any atom is -0.378 e. The summed E-state index contributed by atoms with van der Waals surface area (Å²) in [4.78, 5) is 20.2. The number of anilines is 2. The number of rotatable bonds is 19. The molecule has 244 valence electrons. The van der Waals surface area contributed by atoms with Gasteiger partial charge >= 0.3 is 0 Å². The normalized spacial score (nSPS) is 11.3. The summed E-state index contributed by atoms with van der Waals surface area (Å²) in [6.07, 6.45) is 1.98. The second-order valence-electron chi connectivity index (χ2n) is 9.92. The SMILES string of the molecule is CCC(=O)NCCOCCOCCOCCNS(=O)(=O)c1ccc(Nc2ncc(Cl)c(-c3cccc(-c4ccccc4)c3)n2)cc1. The summed E-state index contributed by atoms with van der Waals surface area (Å²) in [6, 6.07) is 24.3. The Morgan fingerprint density at radius 1 is 0.783 bits per heavy atom. The Kier molecular flexibility index (Phi) is 13.9. The summed E-state index contributed by atoms with van der Waals surface area (Å²) in [5.41, 5.74) is 4.16. The molecule has 13 heteroatoms. The van der Waals surface area contributed by atoms with E-state index >= 15 is 0 Å². The molecule has 0 spiro atoms. The first kappa shape index (κ1) is 35.0. The smallest absolute Gasteiger partial charge is 0.240 e. The summed E-state index contributed by atoms with van der Waals surface area (Å²) < 4.78 is 44.2. The number of ether oxygens (including phenoxy) is 3. The summed E-state index contributed by atoms with van der Waals surface area (Å²) >= 11 is 6.47. The Labute approximate surface area is 274 Å². The molecule has 0 unspecified atom stereocenters. The zero-order chi connectivity index (χ0) is 32.6. The van der Waals surface area contributed by atoms with Gasteiger partial charge in [0.15, 0.2) is 0 Å². The van der Waals surface area contributed by atoms with Crippen LogP contribution in [0.5, 0.6) is 0 Å². The summed E-state index contributed by atoms with van der Waals surface area (Å²) in [5.74, 6) is 0.316. The lowest BCUT2D eigenvalue weighted by molar-refractivity contribution is -0.121. The molecule has 46 heavy (non-hydrogen) atoms. The molecule has 0 bridgehead atoms. The van der Waals surface area contributed by atoms with Gasteiger partial charge in [-0.15, -0.1) is 0 Å². The van der Waals surface area contributed by atoms with E-state index in [9.17, 15) is 13.2 Å². The second kappa shape index (κ2) is 18.3. The van der Waals surface area contributed by atoms with Crippen LogP contribution in [-0.2, 0) is 29.0 Å². The third-order valence-corrected chi connectivity index (χ3v) is 8.33. The predicted octanol–water partition coefficient (Wildman–Crippen LogP) is 5.06. The van der Waals surface area contributed by atoms with Crippen molar-refractivity contribution in [3.63, 3.8) is 0 Å². The number of amides is 1. The third kappa shape index (κ3) is 11.2. The second-order valence-corrected chi connectivity index (χ2v) is 12.1. The van der Waals surface area contributed by atoms with Crippen molar-refractivity contribution in [2.24, 2.45) is 0 Å². The van der Waals surface area contributed by atoms with Crippen LogP contribution in [0, 0.1) is 0 Å². The number of nitrogens with one attached hydrogen (secondary N) is 3. The molecule has 4 aromatic rings. The van der Waals surface area contributed by atoms with Crippen molar-refractivity contribution in [3.05, 3.63) is 90.1 Å². The van der Waals surface area contributed by atoms with E-state index in [-0.39, 0.29) is 24.0 Å². The van der Waals surface area contributed by atoms with Crippen LogP contribution in [0.1, 0.15) is 13.3 Å². The topological polar surface area (TPSA) is 141 Å². The van der Waals surface area contributed by atoms with E-state index < -0.39 is 10.0 Å². The molecule has 11 nitrogen and oxygen atoms in total. The fourth-order valence-electron chi connectivity index (χ4n) is 4.21. The quantitative estimate of drug-likeness (QED) is 0.117. The van der Waals surface area contributed by atoms with Crippen molar-refractivity contribution in [2.45, 2.75) is 18.2 Å². The lowest BCUT2D eigenvalue weighted by Crippen LogP contribution is -2.28. The number of hydrogen-bond donors (Lipinski definition) is 3. The molecule has 1 heterocycles. The van der Waals surface area contributed by atoms with E-state index in [0.29, 0.717) is 68.4 Å². The number of carbonyl (C=O) groups is 1. The molecule has 0 saturated heterocycles. The Balaban J connectivity index is 1.19. The maximum atomic E-state index is 12.7. The Morgan fingerprint density at radius 3 is 2.11 bits per heavy atom. The number of sulfonamides is 1. The highest BCUT2D eigenvalue weighted by Gasteiger charge is 2.14. The van der Waals surface area contributed by atoms with Gasteiger partial charge in [0.2, 0.25) is 21.9 Å². The van der Waals surface area contributed by atoms with Gasteiger partial charge in [-0.25, -0.2) is 23.1 Å². The van der Waals surface area contributed by atoms with Crippen LogP contribution in [0.2, 0.25) is 5.02 Å². The summed E-state index contributed by atoms with van der Waals surface area (Å²) in [6.45, 7) is 4.48. The minimum atomic E-state index is -3.73. The van der Waals surface area contributed by atoms with Crippen molar-refractivity contribution in [3.8, 4) is 22.4 Å². The Hall–Kier alpha value is -3.91. The largest absolute Gasteiger partial charge is 0.378 e. The molecule has 4 rings (SSSR count). The van der Waals surface area contributed by atoms with Gasteiger partial charge in [-0.05, 0) is 41.5 Å². The van der Waals surface area contributed by atoms with Gasteiger partial charge in [-0.2, -0.15) is 0 Å². The molecule has 0 atom stereocenters. The van der Waals surface area contributed by atoms with Gasteiger partial charge in [-0.3, -0.25) is 4.79 Å². The molecular weight excluding hydrogens is 630 g/mol. The number of carbonyl (C=O) groups excluding carboxylic acids is 1. The highest BCUT2D eigenvalue weighted by molar-refractivity contribution is 7.89. The molecule has 3 N–H and O–H groups in total. The van der Waals surface area contributed by atoms with E-state index in [1.807, 2.05) is 54.6 Å². The highest BCUT2D eigenvalue weighted by Crippen LogP contribution is 2.30. The maximum Gasteiger partial charge on any atom is 0.240 e. The zero-order valence-corrected chi connectivity index (χ0v) is 27.1. The van der Waals surface area contributed by atoms with Crippen LogP contribution in [0.15, 0.2) is 90.0 Å². The molecular formula is C33H38ClN5O6S. The zero-order valence-electron chi connectivity index (χ0n) is 25.6. The average molecular weight is 668 g/mol. The van der Waals surface area contributed by atoms with E-state index in [1.165, 1.54) is 18.3 Å². The number of aromatic nitrogens is 2. The van der Waals surface area contributed by atoms with Gasteiger partial charge in [0.1, 0.15) is 0 Å². The monoisotopic (exact) mass is 667 g/mol. The number of nitrogens with zero attached hydrogens (tertiary/aromatic N) is 2. The first-order chi connectivity index (χ1) is 22.4. The molecule has 0 aliphatic carbocycles. The van der Waals surface area contributed by atoms with Gasteiger partial charge in [-0.1, -0.05) is 67.1 Å². The Morgan fingerprint density at radius 2 is 1.41 bits per heavy atom. The molecule has 0 aliphatic heterocycles. The molecule has 0 fully saturated rings. The number of halogens is 1. The standard InChI is InChI=1S/C33H38ClN5O6S/c1-2-31(40)35-15-17-43-19-21-45-22-20-44-18-16-37-46(41,42)29-13-11-28(12-14-29)38-33-36-24-30(34)32(39-33)27-10-6-9-26(23-27)25-7-4-3-5-8-25/h3-14,23-24,37H,2,15-22H2,1H3,(H,35,40)(H,36,38,39). The van der Waals surface area contributed by atoms with E-state index in [0.717, 1.165) is 16.7 Å².